The topological polar surface area (TPSA) is 58.5 Å². The summed E-state index contributed by atoms with van der Waals surface area (Å²) in [6, 6.07) is 3.32. The summed E-state index contributed by atoms with van der Waals surface area (Å²) in [5.74, 6) is 1.76. The molecule has 5 nitrogen and oxygen atoms in total. The second-order valence-corrected chi connectivity index (χ2v) is 8.00. The van der Waals surface area contributed by atoms with Crippen LogP contribution >= 0.6 is 11.8 Å². The molecule has 1 aliphatic heterocycles. The van der Waals surface area contributed by atoms with E-state index in [0.717, 1.165) is 13.0 Å². The van der Waals surface area contributed by atoms with Gasteiger partial charge in [0.05, 0.1) is 6.54 Å². The number of pyridine rings is 1. The number of rotatable bonds is 7. The van der Waals surface area contributed by atoms with Gasteiger partial charge in [-0.2, -0.15) is 24.9 Å². The average Bonchev–Trinajstić information content (AvgIpc) is 3.02. The van der Waals surface area contributed by atoms with Gasteiger partial charge in [0.15, 0.2) is 12.6 Å². The molecule has 1 saturated heterocycles. The fourth-order valence-electron chi connectivity index (χ4n) is 2.58. The molecule has 1 atom stereocenters. The molecule has 2 rings (SSSR count). The molecule has 0 spiro atoms. The Morgan fingerprint density at radius 2 is 2.23 bits per heavy atom. The minimum Gasteiger partial charge on any atom is -0.468 e. The molecule has 0 radical (unpaired) electrons. The van der Waals surface area contributed by atoms with Gasteiger partial charge < -0.3 is 15.4 Å². The molecule has 1 aromatic rings. The molecule has 0 aromatic carbocycles. The van der Waals surface area contributed by atoms with Gasteiger partial charge >= 0.3 is 6.18 Å². The number of ether oxygens (including phenoxy) is 1. The summed E-state index contributed by atoms with van der Waals surface area (Å²) in [4.78, 5) is 8.35. The molecule has 1 aliphatic rings. The maximum atomic E-state index is 12.4. The lowest BCUT2D eigenvalue weighted by atomic mass is 10.1. The van der Waals surface area contributed by atoms with Crippen molar-refractivity contribution in [2.45, 2.75) is 44.2 Å². The van der Waals surface area contributed by atoms with Crippen molar-refractivity contribution in [1.29, 1.82) is 0 Å². The highest BCUT2D eigenvalue weighted by atomic mass is 32.2. The van der Waals surface area contributed by atoms with Crippen molar-refractivity contribution in [3.8, 4) is 5.88 Å². The minimum atomic E-state index is -4.40. The number of halogens is 3. The number of nitrogens with one attached hydrogen (secondary N) is 2. The molecule has 2 N–H and O–H groups in total. The van der Waals surface area contributed by atoms with Crippen LogP contribution in [0.5, 0.6) is 5.88 Å². The van der Waals surface area contributed by atoms with Crippen LogP contribution in [0.25, 0.3) is 0 Å². The summed E-state index contributed by atoms with van der Waals surface area (Å²) in [6.45, 7) is 4.49. The van der Waals surface area contributed by atoms with Crippen LogP contribution < -0.4 is 15.4 Å². The molecule has 1 aromatic heterocycles. The SMILES string of the molecule is CCNC(=NCc1cccnc1OCC(F)(F)F)NCC1(C)CCCS1. The van der Waals surface area contributed by atoms with Crippen molar-refractivity contribution in [3.63, 3.8) is 0 Å². The zero-order valence-electron chi connectivity index (χ0n) is 15.0. The maximum absolute atomic E-state index is 12.4. The van der Waals surface area contributed by atoms with Crippen molar-refractivity contribution in [2.75, 3.05) is 25.4 Å². The van der Waals surface area contributed by atoms with Gasteiger partial charge in [0.1, 0.15) is 0 Å². The fourth-order valence-corrected chi connectivity index (χ4v) is 3.82. The Bertz CT molecular complexity index is 604. The average molecular weight is 390 g/mol. The van der Waals surface area contributed by atoms with Crippen LogP contribution in [0.4, 0.5) is 13.2 Å². The largest absolute Gasteiger partial charge is 0.468 e. The predicted molar refractivity (Wildman–Crippen MR) is 98.7 cm³/mol. The van der Waals surface area contributed by atoms with Crippen molar-refractivity contribution in [3.05, 3.63) is 23.9 Å². The summed E-state index contributed by atoms with van der Waals surface area (Å²) in [5.41, 5.74) is 0.510. The molecule has 26 heavy (non-hydrogen) atoms. The van der Waals surface area contributed by atoms with E-state index in [1.165, 1.54) is 18.4 Å². The van der Waals surface area contributed by atoms with E-state index in [1.807, 2.05) is 18.7 Å². The fraction of sp³-hybridized carbons (Fsp3) is 0.647. The lowest BCUT2D eigenvalue weighted by Crippen LogP contribution is -2.43. The van der Waals surface area contributed by atoms with E-state index < -0.39 is 12.8 Å². The predicted octanol–water partition coefficient (Wildman–Crippen LogP) is 3.36. The van der Waals surface area contributed by atoms with Crippen molar-refractivity contribution in [2.24, 2.45) is 4.99 Å². The Kier molecular flexibility index (Phi) is 7.43. The van der Waals surface area contributed by atoms with Gasteiger partial charge in [0.2, 0.25) is 5.88 Å². The number of hydrogen-bond acceptors (Lipinski definition) is 4. The molecular formula is C17H25F3N4OS. The van der Waals surface area contributed by atoms with Gasteiger partial charge in [-0.1, -0.05) is 6.07 Å². The van der Waals surface area contributed by atoms with Crippen LogP contribution in [-0.4, -0.2) is 47.3 Å². The summed E-state index contributed by atoms with van der Waals surface area (Å²) >= 11 is 1.95. The third kappa shape index (κ3) is 6.93. The number of nitrogens with zero attached hydrogens (tertiary/aromatic N) is 2. The molecule has 2 heterocycles. The van der Waals surface area contributed by atoms with Crippen molar-refractivity contribution < 1.29 is 17.9 Å². The lowest BCUT2D eigenvalue weighted by Gasteiger charge is -2.24. The van der Waals surface area contributed by atoms with Gasteiger partial charge in [0, 0.05) is 29.6 Å². The summed E-state index contributed by atoms with van der Waals surface area (Å²) < 4.78 is 42.1. The summed E-state index contributed by atoms with van der Waals surface area (Å²) in [6.07, 6.45) is -0.627. The third-order valence-electron chi connectivity index (χ3n) is 3.90. The van der Waals surface area contributed by atoms with Crippen LogP contribution in [-0.2, 0) is 6.54 Å². The first-order chi connectivity index (χ1) is 12.3. The van der Waals surface area contributed by atoms with Crippen LogP contribution in [0.3, 0.4) is 0 Å². The zero-order valence-corrected chi connectivity index (χ0v) is 15.8. The molecule has 1 unspecified atom stereocenters. The molecule has 0 saturated carbocycles. The standard InChI is InChI=1S/C17H25F3N4OS/c1-3-21-15(24-11-16(2)7-5-9-26-16)23-10-13-6-4-8-22-14(13)25-12-17(18,19)20/h4,6,8H,3,5,7,9-12H2,1-2H3,(H2,21,23,24). The Balaban J connectivity index is 1.99. The van der Waals surface area contributed by atoms with Gasteiger partial charge in [-0.05, 0) is 38.5 Å². The highest BCUT2D eigenvalue weighted by Crippen LogP contribution is 2.36. The Hall–Kier alpha value is -1.64. The van der Waals surface area contributed by atoms with E-state index in [1.54, 1.807) is 12.1 Å². The number of thioether (sulfide) groups is 1. The van der Waals surface area contributed by atoms with E-state index in [0.29, 0.717) is 18.1 Å². The highest BCUT2D eigenvalue weighted by Gasteiger charge is 2.30. The smallest absolute Gasteiger partial charge is 0.422 e. The first-order valence-electron chi connectivity index (χ1n) is 8.61. The second-order valence-electron chi connectivity index (χ2n) is 6.32. The third-order valence-corrected chi connectivity index (χ3v) is 5.44. The summed E-state index contributed by atoms with van der Waals surface area (Å²) in [5, 5.41) is 6.48. The van der Waals surface area contributed by atoms with Crippen LogP contribution in [0.1, 0.15) is 32.3 Å². The van der Waals surface area contributed by atoms with E-state index in [9.17, 15) is 13.2 Å². The molecular weight excluding hydrogens is 365 g/mol. The Morgan fingerprint density at radius 1 is 1.42 bits per heavy atom. The number of aromatic nitrogens is 1. The zero-order chi connectivity index (χ0) is 19.0. The van der Waals surface area contributed by atoms with Gasteiger partial charge in [-0.25, -0.2) is 9.98 Å². The number of aliphatic imine (C=N–C) groups is 1. The first kappa shape index (κ1) is 20.7. The van der Waals surface area contributed by atoms with E-state index in [4.69, 9.17) is 4.74 Å². The molecule has 1 fully saturated rings. The monoisotopic (exact) mass is 390 g/mol. The van der Waals surface area contributed by atoms with Crippen LogP contribution in [0.2, 0.25) is 0 Å². The van der Waals surface area contributed by atoms with Crippen LogP contribution in [0.15, 0.2) is 23.3 Å². The van der Waals surface area contributed by atoms with Crippen molar-refractivity contribution in [1.82, 2.24) is 15.6 Å². The number of alkyl halides is 3. The van der Waals surface area contributed by atoms with E-state index in [-0.39, 0.29) is 17.2 Å². The van der Waals surface area contributed by atoms with Gasteiger partial charge in [-0.15, -0.1) is 0 Å². The van der Waals surface area contributed by atoms with Crippen LogP contribution in [0, 0.1) is 0 Å². The first-order valence-corrected chi connectivity index (χ1v) is 9.59. The number of hydrogen-bond donors (Lipinski definition) is 2. The van der Waals surface area contributed by atoms with E-state index in [2.05, 4.69) is 27.5 Å². The molecule has 0 bridgehead atoms. The lowest BCUT2D eigenvalue weighted by molar-refractivity contribution is -0.154. The molecule has 9 heteroatoms. The summed E-state index contributed by atoms with van der Waals surface area (Å²) in [7, 11) is 0. The molecule has 146 valence electrons. The van der Waals surface area contributed by atoms with Gasteiger partial charge in [0.25, 0.3) is 0 Å². The molecule has 0 aliphatic carbocycles. The normalized spacial score (nSPS) is 20.9. The Labute approximate surface area is 156 Å². The second kappa shape index (κ2) is 9.34. The van der Waals surface area contributed by atoms with Gasteiger partial charge in [-0.3, -0.25) is 0 Å². The molecule has 0 amide bonds. The quantitative estimate of drug-likeness (QED) is 0.552. The van der Waals surface area contributed by atoms with E-state index >= 15 is 0 Å². The highest BCUT2D eigenvalue weighted by molar-refractivity contribution is 8.00. The Morgan fingerprint density at radius 3 is 2.88 bits per heavy atom. The van der Waals surface area contributed by atoms with Crippen molar-refractivity contribution >= 4 is 17.7 Å². The maximum Gasteiger partial charge on any atom is 0.422 e. The minimum absolute atomic E-state index is 0.0391. The number of guanidine groups is 1.